The molecule has 0 spiro atoms. The monoisotopic (exact) mass is 358 g/mol. The van der Waals surface area contributed by atoms with Crippen molar-refractivity contribution in [2.24, 2.45) is 0 Å². The van der Waals surface area contributed by atoms with E-state index in [2.05, 4.69) is 46.4 Å². The maximum atomic E-state index is 6.01. The molecule has 0 N–H and O–H groups in total. The summed E-state index contributed by atoms with van der Waals surface area (Å²) >= 11 is 9.54. The van der Waals surface area contributed by atoms with E-state index in [0.29, 0.717) is 0 Å². The number of nitrogens with zero attached hydrogens (tertiary/aromatic N) is 2. The Labute approximate surface area is 149 Å². The molecule has 5 heteroatoms. The van der Waals surface area contributed by atoms with Crippen LogP contribution in [-0.4, -0.2) is 9.97 Å². The Kier molecular flexibility index (Phi) is 5.97. The molecule has 1 unspecified atom stereocenters. The predicted molar refractivity (Wildman–Crippen MR) is 99.8 cm³/mol. The average Bonchev–Trinajstić information content (AvgIpc) is 2.61. The molecule has 0 amide bonds. The zero-order valence-corrected chi connectivity index (χ0v) is 14.7. The number of rotatable bonds is 6. The Balaban J connectivity index is 1.76. The summed E-state index contributed by atoms with van der Waals surface area (Å²) in [7, 11) is 0. The average molecular weight is 359 g/mol. The summed E-state index contributed by atoms with van der Waals surface area (Å²) in [6, 6.07) is 20.3. The van der Waals surface area contributed by atoms with E-state index in [1.54, 1.807) is 24.2 Å². The highest BCUT2D eigenvalue weighted by molar-refractivity contribution is 8.15. The Morgan fingerprint density at radius 3 is 2.26 bits per heavy atom. The summed E-state index contributed by atoms with van der Waals surface area (Å²) in [5.41, 5.74) is 2.53. The summed E-state index contributed by atoms with van der Waals surface area (Å²) in [5, 5.41) is 1.54. The molecule has 3 aromatic rings. The minimum absolute atomic E-state index is 0.217. The van der Waals surface area contributed by atoms with Crippen molar-refractivity contribution in [3.05, 3.63) is 89.2 Å². The predicted octanol–water partition coefficient (Wildman–Crippen LogP) is 5.85. The maximum absolute atomic E-state index is 6.01. The van der Waals surface area contributed by atoms with Crippen LogP contribution in [0.2, 0.25) is 5.02 Å². The van der Waals surface area contributed by atoms with Crippen LogP contribution in [0.25, 0.3) is 0 Å². The van der Waals surface area contributed by atoms with Crippen molar-refractivity contribution in [1.29, 1.82) is 0 Å². The molecule has 116 valence electrons. The second-order valence-electron chi connectivity index (χ2n) is 4.83. The van der Waals surface area contributed by atoms with E-state index in [-0.39, 0.29) is 4.58 Å². The molecule has 0 aliphatic heterocycles. The lowest BCUT2D eigenvalue weighted by Crippen LogP contribution is -1.93. The van der Waals surface area contributed by atoms with E-state index in [9.17, 15) is 0 Å². The van der Waals surface area contributed by atoms with Gasteiger partial charge in [-0.2, -0.15) is 0 Å². The molecule has 0 aliphatic carbocycles. The van der Waals surface area contributed by atoms with Gasteiger partial charge in [-0.25, -0.2) is 9.97 Å². The zero-order valence-electron chi connectivity index (χ0n) is 12.3. The van der Waals surface area contributed by atoms with E-state index in [4.69, 9.17) is 11.6 Å². The molecular formula is C18H15ClN2S2. The van der Waals surface area contributed by atoms with Gasteiger partial charge in [0.05, 0.1) is 4.58 Å². The summed E-state index contributed by atoms with van der Waals surface area (Å²) < 4.78 is 0.217. The Bertz CT molecular complexity index is 721. The van der Waals surface area contributed by atoms with Crippen molar-refractivity contribution in [2.75, 3.05) is 0 Å². The molecule has 1 atom stereocenters. The number of halogens is 1. The van der Waals surface area contributed by atoms with Gasteiger partial charge < -0.3 is 0 Å². The first kappa shape index (κ1) is 16.4. The van der Waals surface area contributed by atoms with Crippen molar-refractivity contribution in [1.82, 2.24) is 9.97 Å². The van der Waals surface area contributed by atoms with Crippen LogP contribution < -0.4 is 0 Å². The molecule has 0 aliphatic rings. The SMILES string of the molecule is Clc1ccc(C(SCc2ccccc2)Sc2ncccn2)cc1. The molecule has 0 bridgehead atoms. The van der Waals surface area contributed by atoms with Crippen LogP contribution in [0.1, 0.15) is 15.7 Å². The highest BCUT2D eigenvalue weighted by Crippen LogP contribution is 2.43. The number of hydrogen-bond acceptors (Lipinski definition) is 4. The van der Waals surface area contributed by atoms with Crippen LogP contribution in [0, 0.1) is 0 Å². The number of aromatic nitrogens is 2. The van der Waals surface area contributed by atoms with Crippen molar-refractivity contribution < 1.29 is 0 Å². The van der Waals surface area contributed by atoms with Gasteiger partial charge in [0.15, 0.2) is 5.16 Å². The smallest absolute Gasteiger partial charge is 0.188 e. The summed E-state index contributed by atoms with van der Waals surface area (Å²) in [6.45, 7) is 0. The molecule has 0 fully saturated rings. The quantitative estimate of drug-likeness (QED) is 0.313. The third kappa shape index (κ3) is 4.99. The zero-order chi connectivity index (χ0) is 15.9. The second kappa shape index (κ2) is 8.39. The maximum Gasteiger partial charge on any atom is 0.188 e. The van der Waals surface area contributed by atoms with Crippen molar-refractivity contribution in [3.63, 3.8) is 0 Å². The van der Waals surface area contributed by atoms with Gasteiger partial charge in [-0.3, -0.25) is 0 Å². The molecular weight excluding hydrogens is 344 g/mol. The molecule has 3 rings (SSSR count). The lowest BCUT2D eigenvalue weighted by atomic mass is 10.2. The van der Waals surface area contributed by atoms with E-state index in [1.165, 1.54) is 11.1 Å². The Hall–Kier alpha value is -1.49. The molecule has 2 nitrogen and oxygen atoms in total. The fourth-order valence-corrected chi connectivity index (χ4v) is 4.48. The largest absolute Gasteiger partial charge is 0.231 e. The van der Waals surface area contributed by atoms with Crippen LogP contribution in [-0.2, 0) is 5.75 Å². The Morgan fingerprint density at radius 2 is 1.57 bits per heavy atom. The summed E-state index contributed by atoms with van der Waals surface area (Å²) in [4.78, 5) is 8.66. The number of benzene rings is 2. The fourth-order valence-electron chi connectivity index (χ4n) is 2.01. The van der Waals surface area contributed by atoms with E-state index in [1.807, 2.05) is 36.0 Å². The van der Waals surface area contributed by atoms with Gasteiger partial charge in [-0.05, 0) is 29.3 Å². The van der Waals surface area contributed by atoms with Gasteiger partial charge in [0.25, 0.3) is 0 Å². The van der Waals surface area contributed by atoms with Gasteiger partial charge in [0.1, 0.15) is 0 Å². The highest BCUT2D eigenvalue weighted by atomic mass is 35.5. The minimum Gasteiger partial charge on any atom is -0.231 e. The highest BCUT2D eigenvalue weighted by Gasteiger charge is 2.15. The molecule has 1 heterocycles. The van der Waals surface area contributed by atoms with E-state index >= 15 is 0 Å². The van der Waals surface area contributed by atoms with Crippen LogP contribution in [0.3, 0.4) is 0 Å². The van der Waals surface area contributed by atoms with Crippen LogP contribution in [0.4, 0.5) is 0 Å². The lowest BCUT2D eigenvalue weighted by Gasteiger charge is -2.16. The first-order chi connectivity index (χ1) is 11.3. The van der Waals surface area contributed by atoms with Crippen LogP contribution in [0.5, 0.6) is 0 Å². The van der Waals surface area contributed by atoms with Crippen molar-refractivity contribution >= 4 is 35.1 Å². The van der Waals surface area contributed by atoms with Gasteiger partial charge in [0, 0.05) is 23.2 Å². The number of thioether (sulfide) groups is 2. The lowest BCUT2D eigenvalue weighted by molar-refractivity contribution is 0.965. The molecule has 0 saturated heterocycles. The molecule has 0 saturated carbocycles. The van der Waals surface area contributed by atoms with Gasteiger partial charge in [0.2, 0.25) is 0 Å². The Morgan fingerprint density at radius 1 is 0.870 bits per heavy atom. The first-order valence-electron chi connectivity index (χ1n) is 7.16. The second-order valence-corrected chi connectivity index (χ2v) is 7.73. The van der Waals surface area contributed by atoms with Crippen molar-refractivity contribution in [3.8, 4) is 0 Å². The molecule has 23 heavy (non-hydrogen) atoms. The van der Waals surface area contributed by atoms with E-state index in [0.717, 1.165) is 15.9 Å². The normalized spacial score (nSPS) is 12.0. The number of hydrogen-bond donors (Lipinski definition) is 0. The van der Waals surface area contributed by atoms with Crippen molar-refractivity contribution in [2.45, 2.75) is 15.5 Å². The molecule has 2 aromatic carbocycles. The fraction of sp³-hybridized carbons (Fsp3) is 0.111. The van der Waals surface area contributed by atoms with Crippen LogP contribution in [0.15, 0.2) is 78.2 Å². The van der Waals surface area contributed by atoms with Gasteiger partial charge >= 0.3 is 0 Å². The summed E-state index contributed by atoms with van der Waals surface area (Å²) in [6.07, 6.45) is 3.55. The van der Waals surface area contributed by atoms with Crippen LogP contribution >= 0.6 is 35.1 Å². The van der Waals surface area contributed by atoms with Gasteiger partial charge in [-0.15, -0.1) is 11.8 Å². The minimum atomic E-state index is 0.217. The standard InChI is InChI=1S/C18H15ClN2S2/c19-16-9-7-15(8-10-16)17(23-18-20-11-4-12-21-18)22-13-14-5-2-1-3-6-14/h1-12,17H,13H2. The van der Waals surface area contributed by atoms with Gasteiger partial charge in [-0.1, -0.05) is 65.8 Å². The third-order valence-electron chi connectivity index (χ3n) is 3.14. The molecule has 1 aromatic heterocycles. The third-order valence-corrected chi connectivity index (χ3v) is 6.07. The molecule has 0 radical (unpaired) electrons. The first-order valence-corrected chi connectivity index (χ1v) is 9.46. The van der Waals surface area contributed by atoms with E-state index < -0.39 is 0 Å². The topological polar surface area (TPSA) is 25.8 Å². The summed E-state index contributed by atoms with van der Waals surface area (Å²) in [5.74, 6) is 0.938.